The van der Waals surface area contributed by atoms with E-state index in [1.807, 2.05) is 13.8 Å². The summed E-state index contributed by atoms with van der Waals surface area (Å²) in [5, 5.41) is 3.37. The maximum atomic E-state index is 14.4. The van der Waals surface area contributed by atoms with Gasteiger partial charge in [0, 0.05) is 36.8 Å². The second kappa shape index (κ2) is 6.77. The lowest BCUT2D eigenvalue weighted by molar-refractivity contribution is -0.137. The molecule has 2 rings (SSSR count). The third-order valence-corrected chi connectivity index (χ3v) is 4.45. The molecule has 0 radical (unpaired) electrons. The summed E-state index contributed by atoms with van der Waals surface area (Å²) in [6.45, 7) is 9.58. The highest BCUT2D eigenvalue weighted by Gasteiger charge is 2.35. The van der Waals surface area contributed by atoms with E-state index < -0.39 is 17.6 Å². The first-order valence-electron chi connectivity index (χ1n) is 7.97. The Morgan fingerprint density at radius 1 is 1.22 bits per heavy atom. The number of rotatable bonds is 3. The van der Waals surface area contributed by atoms with E-state index in [1.165, 1.54) is 6.07 Å². The molecule has 1 unspecified atom stereocenters. The van der Waals surface area contributed by atoms with Crippen molar-refractivity contribution in [1.82, 2.24) is 10.2 Å². The topological polar surface area (TPSA) is 15.3 Å². The van der Waals surface area contributed by atoms with Gasteiger partial charge in [-0.25, -0.2) is 4.39 Å². The SMILES string of the molecule is CC(C)C(c1ccc(C(F)(F)F)cc1F)N1C[C@H](C)NC[C@H]1C. The van der Waals surface area contributed by atoms with Crippen LogP contribution >= 0.6 is 0 Å². The average Bonchev–Trinajstić information content (AvgIpc) is 2.43. The Morgan fingerprint density at radius 2 is 1.87 bits per heavy atom. The van der Waals surface area contributed by atoms with Crippen molar-refractivity contribution < 1.29 is 17.6 Å². The molecule has 130 valence electrons. The Kier molecular flexibility index (Phi) is 5.36. The molecule has 1 N–H and O–H groups in total. The number of alkyl halides is 3. The zero-order chi connectivity index (χ0) is 17.4. The fourth-order valence-electron chi connectivity index (χ4n) is 3.30. The van der Waals surface area contributed by atoms with Gasteiger partial charge in [0.2, 0.25) is 0 Å². The molecule has 6 heteroatoms. The van der Waals surface area contributed by atoms with Gasteiger partial charge in [0.25, 0.3) is 0 Å². The smallest absolute Gasteiger partial charge is 0.311 e. The lowest BCUT2D eigenvalue weighted by atomic mass is 9.90. The molecule has 1 fully saturated rings. The molecule has 0 aromatic heterocycles. The number of hydrogen-bond donors (Lipinski definition) is 1. The molecule has 1 aromatic carbocycles. The second-order valence-corrected chi connectivity index (χ2v) is 6.78. The van der Waals surface area contributed by atoms with Gasteiger partial charge < -0.3 is 5.32 Å². The van der Waals surface area contributed by atoms with Gasteiger partial charge in [-0.2, -0.15) is 13.2 Å². The molecule has 0 amide bonds. The molecule has 1 aliphatic heterocycles. The van der Waals surface area contributed by atoms with Crippen LogP contribution in [0.4, 0.5) is 17.6 Å². The van der Waals surface area contributed by atoms with E-state index in [9.17, 15) is 17.6 Å². The van der Waals surface area contributed by atoms with Gasteiger partial charge in [0.05, 0.1) is 5.56 Å². The van der Waals surface area contributed by atoms with E-state index in [4.69, 9.17) is 0 Å². The predicted octanol–water partition coefficient (Wildman–Crippen LogP) is 4.22. The molecule has 0 aliphatic carbocycles. The van der Waals surface area contributed by atoms with E-state index in [0.717, 1.165) is 19.2 Å². The van der Waals surface area contributed by atoms with Crippen molar-refractivity contribution in [3.05, 3.63) is 35.1 Å². The van der Waals surface area contributed by atoms with Crippen LogP contribution in [0.3, 0.4) is 0 Å². The van der Waals surface area contributed by atoms with Crippen LogP contribution in [-0.2, 0) is 6.18 Å². The normalized spacial score (nSPS) is 24.9. The number of nitrogens with one attached hydrogen (secondary N) is 1. The fraction of sp³-hybridized carbons (Fsp3) is 0.647. The van der Waals surface area contributed by atoms with Crippen molar-refractivity contribution in [2.45, 2.75) is 52.0 Å². The van der Waals surface area contributed by atoms with E-state index in [-0.39, 0.29) is 24.0 Å². The summed E-state index contributed by atoms with van der Waals surface area (Å²) < 4.78 is 52.7. The monoisotopic (exact) mass is 332 g/mol. The van der Waals surface area contributed by atoms with Gasteiger partial charge in [0.15, 0.2) is 0 Å². The molecular formula is C17H24F4N2. The third kappa shape index (κ3) is 4.04. The van der Waals surface area contributed by atoms with E-state index >= 15 is 0 Å². The quantitative estimate of drug-likeness (QED) is 0.834. The summed E-state index contributed by atoms with van der Waals surface area (Å²) in [5.41, 5.74) is -0.600. The predicted molar refractivity (Wildman–Crippen MR) is 82.6 cm³/mol. The minimum Gasteiger partial charge on any atom is -0.311 e. The first-order valence-corrected chi connectivity index (χ1v) is 7.97. The van der Waals surface area contributed by atoms with Crippen molar-refractivity contribution in [3.8, 4) is 0 Å². The van der Waals surface area contributed by atoms with Crippen LogP contribution in [0.1, 0.15) is 44.9 Å². The van der Waals surface area contributed by atoms with Gasteiger partial charge >= 0.3 is 6.18 Å². The van der Waals surface area contributed by atoms with Gasteiger partial charge in [-0.05, 0) is 31.9 Å². The van der Waals surface area contributed by atoms with E-state index in [0.29, 0.717) is 11.6 Å². The number of piperazine rings is 1. The Bertz CT molecular complexity index is 542. The zero-order valence-electron chi connectivity index (χ0n) is 13.9. The van der Waals surface area contributed by atoms with Crippen LogP contribution in [0.2, 0.25) is 0 Å². The number of nitrogens with zero attached hydrogens (tertiary/aromatic N) is 1. The third-order valence-electron chi connectivity index (χ3n) is 4.45. The van der Waals surface area contributed by atoms with Crippen LogP contribution in [0, 0.1) is 11.7 Å². The summed E-state index contributed by atoms with van der Waals surface area (Å²) in [6, 6.07) is 3.11. The molecule has 0 spiro atoms. The van der Waals surface area contributed by atoms with Crippen LogP contribution in [0.5, 0.6) is 0 Å². The lowest BCUT2D eigenvalue weighted by Crippen LogP contribution is -2.56. The number of halogens is 4. The van der Waals surface area contributed by atoms with Crippen LogP contribution in [0.25, 0.3) is 0 Å². The second-order valence-electron chi connectivity index (χ2n) is 6.78. The first-order chi connectivity index (χ1) is 10.6. The molecule has 1 aliphatic rings. The van der Waals surface area contributed by atoms with Crippen LogP contribution in [0.15, 0.2) is 18.2 Å². The van der Waals surface area contributed by atoms with E-state index in [2.05, 4.69) is 24.1 Å². The van der Waals surface area contributed by atoms with Crippen molar-refractivity contribution in [3.63, 3.8) is 0 Å². The standard InChI is InChI=1S/C17H24F4N2/c1-10(2)16(23-9-11(3)22-8-12(23)4)14-6-5-13(7-15(14)18)17(19,20)21/h5-7,10-12,16,22H,8-9H2,1-4H3/t11-,12+,16?/m0/s1. The summed E-state index contributed by atoms with van der Waals surface area (Å²) in [7, 11) is 0. The molecule has 1 saturated heterocycles. The highest BCUT2D eigenvalue weighted by Crippen LogP contribution is 2.36. The van der Waals surface area contributed by atoms with Gasteiger partial charge in [0.1, 0.15) is 5.82 Å². The Labute approximate surface area is 134 Å². The molecule has 0 saturated carbocycles. The summed E-state index contributed by atoms with van der Waals surface area (Å²) in [5.74, 6) is -0.689. The highest BCUT2D eigenvalue weighted by molar-refractivity contribution is 5.29. The molecule has 2 nitrogen and oxygen atoms in total. The van der Waals surface area contributed by atoms with Crippen LogP contribution in [-0.4, -0.2) is 30.1 Å². The maximum Gasteiger partial charge on any atom is 0.416 e. The van der Waals surface area contributed by atoms with Crippen molar-refractivity contribution in [2.24, 2.45) is 5.92 Å². The summed E-state index contributed by atoms with van der Waals surface area (Å²) in [4.78, 5) is 2.19. The fourth-order valence-corrected chi connectivity index (χ4v) is 3.30. The van der Waals surface area contributed by atoms with Crippen LogP contribution < -0.4 is 5.32 Å². The number of hydrogen-bond acceptors (Lipinski definition) is 2. The lowest BCUT2D eigenvalue weighted by Gasteiger charge is -2.44. The van der Waals surface area contributed by atoms with Gasteiger partial charge in [-0.1, -0.05) is 19.9 Å². The van der Waals surface area contributed by atoms with Crippen molar-refractivity contribution in [2.75, 3.05) is 13.1 Å². The molecular weight excluding hydrogens is 308 g/mol. The minimum atomic E-state index is -4.52. The Hall–Kier alpha value is -1.14. The summed E-state index contributed by atoms with van der Waals surface area (Å²) in [6.07, 6.45) is -4.52. The molecule has 1 aromatic rings. The first kappa shape index (κ1) is 18.2. The molecule has 1 heterocycles. The zero-order valence-corrected chi connectivity index (χ0v) is 13.9. The average molecular weight is 332 g/mol. The van der Waals surface area contributed by atoms with Crippen molar-refractivity contribution in [1.29, 1.82) is 0 Å². The maximum absolute atomic E-state index is 14.4. The number of benzene rings is 1. The molecule has 3 atom stereocenters. The van der Waals surface area contributed by atoms with E-state index in [1.54, 1.807) is 0 Å². The van der Waals surface area contributed by atoms with Gasteiger partial charge in [-0.3, -0.25) is 4.90 Å². The largest absolute Gasteiger partial charge is 0.416 e. The van der Waals surface area contributed by atoms with Crippen molar-refractivity contribution >= 4 is 0 Å². The Balaban J connectivity index is 2.38. The van der Waals surface area contributed by atoms with Gasteiger partial charge in [-0.15, -0.1) is 0 Å². The highest BCUT2D eigenvalue weighted by atomic mass is 19.4. The minimum absolute atomic E-state index is 0.0917. The molecule has 0 bridgehead atoms. The molecule has 23 heavy (non-hydrogen) atoms. The Morgan fingerprint density at radius 3 is 2.39 bits per heavy atom. The summed E-state index contributed by atoms with van der Waals surface area (Å²) >= 11 is 0.